The zero-order valence-electron chi connectivity index (χ0n) is 21.8. The Morgan fingerprint density at radius 2 is 1.66 bits per heavy atom. The van der Waals surface area contributed by atoms with Gasteiger partial charge in [-0.25, -0.2) is 4.39 Å². The zero-order valence-corrected chi connectivity index (χ0v) is 21.8. The molecule has 3 aliphatic rings. The van der Waals surface area contributed by atoms with Crippen molar-refractivity contribution in [2.45, 2.75) is 103 Å². The van der Waals surface area contributed by atoms with Crippen LogP contribution in [0.15, 0.2) is 42.5 Å². The van der Waals surface area contributed by atoms with Crippen molar-refractivity contribution >= 4 is 6.08 Å². The van der Waals surface area contributed by atoms with E-state index in [9.17, 15) is 0 Å². The lowest BCUT2D eigenvalue weighted by molar-refractivity contribution is 0.0749. The first kappa shape index (κ1) is 24.6. The summed E-state index contributed by atoms with van der Waals surface area (Å²) in [7, 11) is 0. The van der Waals surface area contributed by atoms with E-state index in [0.717, 1.165) is 29.9 Å². The van der Waals surface area contributed by atoms with E-state index in [1.807, 2.05) is 0 Å². The summed E-state index contributed by atoms with van der Waals surface area (Å²) in [5.74, 6) is 3.07. The first-order chi connectivity index (χ1) is 17.1. The molecule has 0 amide bonds. The molecule has 2 saturated carbocycles. The van der Waals surface area contributed by atoms with Crippen LogP contribution >= 0.6 is 0 Å². The fourth-order valence-electron chi connectivity index (χ4n) is 6.72. The maximum Gasteiger partial charge on any atom is 0.165 e. The van der Waals surface area contributed by atoms with Gasteiger partial charge in [0, 0.05) is 0 Å². The molecular weight excluding hydrogens is 431 g/mol. The first-order valence-corrected chi connectivity index (χ1v) is 14.3. The number of rotatable bonds is 6. The van der Waals surface area contributed by atoms with E-state index in [-0.39, 0.29) is 11.9 Å². The minimum Gasteiger partial charge on any atom is -0.487 e. The number of benzene rings is 2. The minimum absolute atomic E-state index is 0.175. The van der Waals surface area contributed by atoms with Gasteiger partial charge in [0.1, 0.15) is 6.10 Å². The maximum atomic E-state index is 15.1. The number of hydrogen-bond donors (Lipinski definition) is 0. The molecule has 1 aliphatic heterocycles. The quantitative estimate of drug-likeness (QED) is 0.405. The normalized spacial score (nSPS) is 29.1. The molecule has 0 radical (unpaired) electrons. The Kier molecular flexibility index (Phi) is 7.95. The third kappa shape index (κ3) is 6.01. The highest BCUT2D eigenvalue weighted by Gasteiger charge is 2.32. The van der Waals surface area contributed by atoms with Crippen molar-refractivity contribution in [1.82, 2.24) is 0 Å². The van der Waals surface area contributed by atoms with Crippen molar-refractivity contribution in [3.05, 3.63) is 70.5 Å². The number of aryl methyl sites for hydroxylation is 2. The predicted octanol–water partition coefficient (Wildman–Crippen LogP) is 9.29. The second kappa shape index (κ2) is 11.3. The summed E-state index contributed by atoms with van der Waals surface area (Å²) in [6.45, 7) is 4.59. The van der Waals surface area contributed by atoms with Crippen LogP contribution in [0.25, 0.3) is 6.08 Å². The van der Waals surface area contributed by atoms with Crippen molar-refractivity contribution in [2.75, 3.05) is 0 Å². The van der Waals surface area contributed by atoms with Crippen molar-refractivity contribution in [3.63, 3.8) is 0 Å². The highest BCUT2D eigenvalue weighted by Crippen LogP contribution is 2.40. The molecule has 1 heterocycles. The molecule has 0 aromatic heterocycles. The molecule has 35 heavy (non-hydrogen) atoms. The van der Waals surface area contributed by atoms with E-state index in [4.69, 9.17) is 4.74 Å². The zero-order chi connectivity index (χ0) is 24.2. The van der Waals surface area contributed by atoms with Gasteiger partial charge in [0.2, 0.25) is 0 Å². The number of allylic oxidation sites excluding steroid dienone is 1. The lowest BCUT2D eigenvalue weighted by Crippen LogP contribution is -2.33. The van der Waals surface area contributed by atoms with Crippen LogP contribution in [0.5, 0.6) is 5.75 Å². The third-order valence-electron chi connectivity index (χ3n) is 9.02. The smallest absolute Gasteiger partial charge is 0.165 e. The molecule has 0 saturated heterocycles. The Balaban J connectivity index is 1.16. The topological polar surface area (TPSA) is 9.23 Å². The molecule has 2 aromatic carbocycles. The van der Waals surface area contributed by atoms with Gasteiger partial charge < -0.3 is 4.74 Å². The second-order valence-electron chi connectivity index (χ2n) is 11.7. The van der Waals surface area contributed by atoms with Crippen LogP contribution in [-0.2, 0) is 12.8 Å². The fraction of sp³-hybridized carbons (Fsp3) is 0.576. The van der Waals surface area contributed by atoms with Crippen LogP contribution in [-0.4, -0.2) is 6.10 Å². The standard InChI is InChI=1S/C33H43FO/c1-3-4-24-9-15-27(16-10-24)28-17-11-25(12-18-28)7-8-26-21-30-19-20-32(35-33(30)31(34)22-26)29-13-5-23(2)6-14-29/h7-10,15-16,21-23,25,28-29,32H,3-6,11-14,17-20H2,1-2H3. The van der Waals surface area contributed by atoms with Crippen LogP contribution in [0.1, 0.15) is 106 Å². The minimum atomic E-state index is -0.175. The molecular formula is C33H43FO. The number of hydrogen-bond acceptors (Lipinski definition) is 1. The molecule has 1 unspecified atom stereocenters. The SMILES string of the molecule is CCCc1ccc(C2CCC(C=Cc3cc(F)c4c(c3)CCC(C3CCC(C)CC3)O4)CC2)cc1. The van der Waals surface area contributed by atoms with E-state index in [1.54, 1.807) is 6.07 Å². The second-order valence-corrected chi connectivity index (χ2v) is 11.7. The van der Waals surface area contributed by atoms with Crippen LogP contribution in [0.2, 0.25) is 0 Å². The average molecular weight is 475 g/mol. The monoisotopic (exact) mass is 474 g/mol. The fourth-order valence-corrected chi connectivity index (χ4v) is 6.72. The largest absolute Gasteiger partial charge is 0.487 e. The van der Waals surface area contributed by atoms with Gasteiger partial charge in [0.25, 0.3) is 0 Å². The molecule has 2 heteroatoms. The lowest BCUT2D eigenvalue weighted by atomic mass is 9.78. The van der Waals surface area contributed by atoms with Crippen molar-refractivity contribution < 1.29 is 9.13 Å². The summed E-state index contributed by atoms with van der Waals surface area (Å²) in [5, 5.41) is 0. The molecule has 2 aliphatic carbocycles. The van der Waals surface area contributed by atoms with Crippen LogP contribution < -0.4 is 4.74 Å². The molecule has 5 rings (SSSR count). The number of fused-ring (bicyclic) bond motifs is 1. The van der Waals surface area contributed by atoms with E-state index < -0.39 is 0 Å². The molecule has 0 spiro atoms. The molecule has 1 nitrogen and oxygen atoms in total. The molecule has 1 atom stereocenters. The van der Waals surface area contributed by atoms with Gasteiger partial charge in [0.05, 0.1) is 0 Å². The number of halogens is 1. The van der Waals surface area contributed by atoms with Gasteiger partial charge in [-0.05, 0) is 116 Å². The van der Waals surface area contributed by atoms with Crippen LogP contribution in [0.4, 0.5) is 4.39 Å². The van der Waals surface area contributed by atoms with Crippen molar-refractivity contribution in [1.29, 1.82) is 0 Å². The van der Waals surface area contributed by atoms with E-state index >= 15 is 4.39 Å². The summed E-state index contributed by atoms with van der Waals surface area (Å²) in [4.78, 5) is 0. The van der Waals surface area contributed by atoms with Gasteiger partial charge in [-0.2, -0.15) is 0 Å². The van der Waals surface area contributed by atoms with Crippen molar-refractivity contribution in [2.24, 2.45) is 17.8 Å². The molecule has 0 N–H and O–H groups in total. The highest BCUT2D eigenvalue weighted by molar-refractivity contribution is 5.55. The Hall–Kier alpha value is -2.09. The van der Waals surface area contributed by atoms with E-state index in [1.165, 1.54) is 75.3 Å². The van der Waals surface area contributed by atoms with Crippen molar-refractivity contribution in [3.8, 4) is 5.75 Å². The lowest BCUT2D eigenvalue weighted by Gasteiger charge is -2.36. The third-order valence-corrected chi connectivity index (χ3v) is 9.02. The summed E-state index contributed by atoms with van der Waals surface area (Å²) < 4.78 is 21.3. The summed E-state index contributed by atoms with van der Waals surface area (Å²) in [5.41, 5.74) is 5.00. The maximum absolute atomic E-state index is 15.1. The highest BCUT2D eigenvalue weighted by atomic mass is 19.1. The molecule has 2 aromatic rings. The first-order valence-electron chi connectivity index (χ1n) is 14.3. The number of ether oxygens (including phenoxy) is 1. The molecule has 188 valence electrons. The Bertz CT molecular complexity index is 991. The molecule has 2 fully saturated rings. The van der Waals surface area contributed by atoms with Gasteiger partial charge in [0.15, 0.2) is 11.6 Å². The van der Waals surface area contributed by atoms with E-state index in [0.29, 0.717) is 23.5 Å². The Labute approximate surface area is 212 Å². The Morgan fingerprint density at radius 3 is 2.37 bits per heavy atom. The van der Waals surface area contributed by atoms with Crippen LogP contribution in [0, 0.1) is 23.6 Å². The average Bonchev–Trinajstić information content (AvgIpc) is 2.89. The predicted molar refractivity (Wildman–Crippen MR) is 144 cm³/mol. The summed E-state index contributed by atoms with van der Waals surface area (Å²) in [6, 6.07) is 13.2. The Morgan fingerprint density at radius 1 is 0.914 bits per heavy atom. The van der Waals surface area contributed by atoms with Gasteiger partial charge in [-0.3, -0.25) is 0 Å². The van der Waals surface area contributed by atoms with Gasteiger partial charge in [-0.15, -0.1) is 0 Å². The molecule has 0 bridgehead atoms. The summed E-state index contributed by atoms with van der Waals surface area (Å²) in [6.07, 6.45) is 19.0. The summed E-state index contributed by atoms with van der Waals surface area (Å²) >= 11 is 0. The van der Waals surface area contributed by atoms with Gasteiger partial charge >= 0.3 is 0 Å². The van der Waals surface area contributed by atoms with E-state index in [2.05, 4.69) is 56.3 Å². The van der Waals surface area contributed by atoms with Crippen LogP contribution in [0.3, 0.4) is 0 Å². The van der Waals surface area contributed by atoms with Gasteiger partial charge in [-0.1, -0.05) is 69.5 Å².